The SMILES string of the molecule is CCC[Si](CCC)(CCC)OCOC(CC)OC1(CC)OCCCO1. The molecule has 1 rings (SSSR count). The van der Waals surface area contributed by atoms with E-state index in [9.17, 15) is 0 Å². The van der Waals surface area contributed by atoms with Gasteiger partial charge in [0.15, 0.2) is 14.6 Å². The van der Waals surface area contributed by atoms with E-state index in [1.54, 1.807) is 0 Å². The van der Waals surface area contributed by atoms with Crippen molar-refractivity contribution in [2.24, 2.45) is 0 Å². The van der Waals surface area contributed by atoms with E-state index < -0.39 is 14.3 Å². The van der Waals surface area contributed by atoms with Crippen LogP contribution >= 0.6 is 0 Å². The number of hydrogen-bond donors (Lipinski definition) is 0. The van der Waals surface area contributed by atoms with Gasteiger partial charge in [-0.1, -0.05) is 53.9 Å². The van der Waals surface area contributed by atoms with Crippen LogP contribution in [-0.4, -0.2) is 40.6 Å². The van der Waals surface area contributed by atoms with E-state index >= 15 is 0 Å². The van der Waals surface area contributed by atoms with Crippen LogP contribution in [0.3, 0.4) is 0 Å². The number of rotatable bonds is 14. The van der Waals surface area contributed by atoms with Crippen molar-refractivity contribution in [1.82, 2.24) is 0 Å². The van der Waals surface area contributed by atoms with Crippen molar-refractivity contribution in [1.29, 1.82) is 0 Å². The fraction of sp³-hybridized carbons (Fsp3) is 1.00. The van der Waals surface area contributed by atoms with Gasteiger partial charge in [0.25, 0.3) is 5.97 Å². The Morgan fingerprint density at radius 1 is 0.920 bits per heavy atom. The Morgan fingerprint density at radius 3 is 1.92 bits per heavy atom. The van der Waals surface area contributed by atoms with E-state index in [0.717, 1.165) is 12.8 Å². The third-order valence-electron chi connectivity index (χ3n) is 4.75. The predicted molar refractivity (Wildman–Crippen MR) is 103 cm³/mol. The molecule has 0 spiro atoms. The first-order valence-electron chi connectivity index (χ1n) is 10.3. The first-order chi connectivity index (χ1) is 12.1. The fourth-order valence-corrected chi connectivity index (χ4v) is 7.77. The summed E-state index contributed by atoms with van der Waals surface area (Å²) >= 11 is 0. The van der Waals surface area contributed by atoms with Gasteiger partial charge in [-0.15, -0.1) is 0 Å². The van der Waals surface area contributed by atoms with Gasteiger partial charge >= 0.3 is 0 Å². The van der Waals surface area contributed by atoms with Crippen molar-refractivity contribution in [3.63, 3.8) is 0 Å². The summed E-state index contributed by atoms with van der Waals surface area (Å²) in [7, 11) is -1.70. The molecular weight excluding hydrogens is 336 g/mol. The molecule has 0 radical (unpaired) electrons. The molecule has 6 heteroatoms. The fourth-order valence-electron chi connectivity index (χ4n) is 3.54. The van der Waals surface area contributed by atoms with Crippen molar-refractivity contribution < 1.29 is 23.4 Å². The van der Waals surface area contributed by atoms with Crippen LogP contribution in [-0.2, 0) is 23.4 Å². The van der Waals surface area contributed by atoms with Crippen molar-refractivity contribution in [2.75, 3.05) is 20.0 Å². The van der Waals surface area contributed by atoms with Gasteiger partial charge in [0.05, 0.1) is 13.2 Å². The first kappa shape index (κ1) is 23.1. The lowest BCUT2D eigenvalue weighted by molar-refractivity contribution is -0.437. The highest BCUT2D eigenvalue weighted by Gasteiger charge is 2.37. The van der Waals surface area contributed by atoms with E-state index in [2.05, 4.69) is 20.8 Å². The molecule has 150 valence electrons. The highest BCUT2D eigenvalue weighted by Crippen LogP contribution is 2.29. The second-order valence-corrected chi connectivity index (χ2v) is 11.1. The van der Waals surface area contributed by atoms with Gasteiger partial charge < -0.3 is 18.6 Å². The molecule has 1 aliphatic heterocycles. The molecule has 0 aromatic rings. The molecule has 1 fully saturated rings. The summed E-state index contributed by atoms with van der Waals surface area (Å²) in [5.74, 6) is -0.955. The van der Waals surface area contributed by atoms with Gasteiger partial charge in [0.1, 0.15) is 6.79 Å². The Labute approximate surface area is 155 Å². The van der Waals surface area contributed by atoms with Crippen molar-refractivity contribution in [3.05, 3.63) is 0 Å². The quantitative estimate of drug-likeness (QED) is 0.300. The second kappa shape index (κ2) is 12.4. The minimum absolute atomic E-state index is 0.310. The van der Waals surface area contributed by atoms with Crippen LogP contribution < -0.4 is 0 Å². The summed E-state index contributed by atoms with van der Waals surface area (Å²) < 4.78 is 29.9. The highest BCUT2D eigenvalue weighted by atomic mass is 28.4. The summed E-state index contributed by atoms with van der Waals surface area (Å²) in [4.78, 5) is 0. The summed E-state index contributed by atoms with van der Waals surface area (Å²) in [5, 5.41) is 0. The zero-order valence-electron chi connectivity index (χ0n) is 17.1. The monoisotopic (exact) mass is 376 g/mol. The van der Waals surface area contributed by atoms with E-state index in [4.69, 9.17) is 23.4 Å². The zero-order valence-corrected chi connectivity index (χ0v) is 18.1. The van der Waals surface area contributed by atoms with Crippen LogP contribution in [0.5, 0.6) is 0 Å². The molecule has 0 N–H and O–H groups in total. The average Bonchev–Trinajstić information content (AvgIpc) is 2.62. The molecule has 0 aromatic heterocycles. The molecule has 0 aliphatic carbocycles. The molecule has 1 unspecified atom stereocenters. The van der Waals surface area contributed by atoms with Gasteiger partial charge in [0.2, 0.25) is 0 Å². The minimum Gasteiger partial charge on any atom is -0.394 e. The summed E-state index contributed by atoms with van der Waals surface area (Å²) in [6, 6.07) is 3.63. The largest absolute Gasteiger partial charge is 0.394 e. The molecule has 1 atom stereocenters. The lowest BCUT2D eigenvalue weighted by Gasteiger charge is -2.38. The molecule has 0 bridgehead atoms. The van der Waals surface area contributed by atoms with Gasteiger partial charge in [0, 0.05) is 6.42 Å². The molecule has 5 nitrogen and oxygen atoms in total. The smallest absolute Gasteiger partial charge is 0.284 e. The van der Waals surface area contributed by atoms with Gasteiger partial charge in [-0.2, -0.15) is 0 Å². The standard InChI is InChI=1S/C19H40O5Si/c1-6-14-25(15-7-2,16-8-3)23-17-20-18(9-4)24-19(10-5)21-12-11-13-22-19/h18H,6-17H2,1-5H3. The topological polar surface area (TPSA) is 46.2 Å². The van der Waals surface area contributed by atoms with Crippen molar-refractivity contribution in [2.45, 2.75) is 104 Å². The predicted octanol–water partition coefficient (Wildman–Crippen LogP) is 5.41. The van der Waals surface area contributed by atoms with E-state index in [-0.39, 0.29) is 6.29 Å². The normalized spacial score (nSPS) is 19.1. The third-order valence-corrected chi connectivity index (χ3v) is 9.71. The Bertz CT molecular complexity index is 317. The molecule has 0 saturated carbocycles. The van der Waals surface area contributed by atoms with Gasteiger partial charge in [-0.05, 0) is 31.0 Å². The maximum absolute atomic E-state index is 6.39. The summed E-state index contributed by atoms with van der Waals surface area (Å²) in [6.45, 7) is 12.4. The number of ether oxygens (including phenoxy) is 4. The Hall–Kier alpha value is 0.0169. The molecule has 1 saturated heterocycles. The van der Waals surface area contributed by atoms with Gasteiger partial charge in [-0.25, -0.2) is 0 Å². The first-order valence-corrected chi connectivity index (χ1v) is 12.8. The highest BCUT2D eigenvalue weighted by molar-refractivity contribution is 6.73. The summed E-state index contributed by atoms with van der Waals surface area (Å²) in [5.41, 5.74) is 0. The Morgan fingerprint density at radius 2 is 1.48 bits per heavy atom. The van der Waals surface area contributed by atoms with Crippen LogP contribution in [0.4, 0.5) is 0 Å². The van der Waals surface area contributed by atoms with E-state index in [0.29, 0.717) is 26.4 Å². The Kier molecular flexibility index (Phi) is 11.4. The lowest BCUT2D eigenvalue weighted by atomic mass is 10.3. The average molecular weight is 377 g/mol. The van der Waals surface area contributed by atoms with E-state index in [1.165, 1.54) is 37.4 Å². The second-order valence-electron chi connectivity index (χ2n) is 6.90. The molecular formula is C19H40O5Si. The lowest BCUT2D eigenvalue weighted by Crippen LogP contribution is -2.46. The van der Waals surface area contributed by atoms with Crippen molar-refractivity contribution in [3.8, 4) is 0 Å². The molecule has 0 amide bonds. The van der Waals surface area contributed by atoms with Gasteiger partial charge in [-0.3, -0.25) is 4.74 Å². The number of hydrogen-bond acceptors (Lipinski definition) is 5. The van der Waals surface area contributed by atoms with Crippen LogP contribution in [0.25, 0.3) is 0 Å². The maximum Gasteiger partial charge on any atom is 0.284 e. The van der Waals surface area contributed by atoms with Crippen LogP contribution in [0.15, 0.2) is 0 Å². The zero-order chi connectivity index (χ0) is 18.6. The molecule has 0 aromatic carbocycles. The van der Waals surface area contributed by atoms with E-state index in [1.807, 2.05) is 13.8 Å². The Balaban J connectivity index is 2.56. The molecule has 1 heterocycles. The third kappa shape index (κ3) is 7.65. The summed E-state index contributed by atoms with van der Waals surface area (Å²) in [6.07, 6.45) is 5.47. The van der Waals surface area contributed by atoms with Crippen LogP contribution in [0.1, 0.15) is 73.1 Å². The minimum atomic E-state index is -1.70. The van der Waals surface area contributed by atoms with Crippen LogP contribution in [0, 0.1) is 0 Å². The maximum atomic E-state index is 6.39. The molecule has 25 heavy (non-hydrogen) atoms. The molecule has 1 aliphatic rings. The van der Waals surface area contributed by atoms with Crippen LogP contribution in [0.2, 0.25) is 18.1 Å². The van der Waals surface area contributed by atoms with Crippen molar-refractivity contribution >= 4 is 8.32 Å².